The van der Waals surface area contributed by atoms with Gasteiger partial charge >= 0.3 is 0 Å². The van der Waals surface area contributed by atoms with Crippen LogP contribution >= 0.6 is 0 Å². The van der Waals surface area contributed by atoms with E-state index in [1.165, 1.54) is 6.39 Å². The molecule has 0 bridgehead atoms. The minimum atomic E-state index is -0.199. The largest absolute Gasteiger partial charge is 0.444 e. The quantitative estimate of drug-likeness (QED) is 0.740. The first-order valence-corrected chi connectivity index (χ1v) is 8.42. The highest BCUT2D eigenvalue weighted by atomic mass is 16.5. The van der Waals surface area contributed by atoms with Gasteiger partial charge in [0, 0.05) is 43.0 Å². The van der Waals surface area contributed by atoms with Crippen molar-refractivity contribution in [2.45, 2.75) is 19.1 Å². The Labute approximate surface area is 150 Å². The van der Waals surface area contributed by atoms with Crippen molar-refractivity contribution < 1.29 is 9.15 Å². The Kier molecular flexibility index (Phi) is 4.41. The third-order valence-corrected chi connectivity index (χ3v) is 4.51. The lowest BCUT2D eigenvalue weighted by Gasteiger charge is -2.24. The van der Waals surface area contributed by atoms with Crippen molar-refractivity contribution in [2.75, 3.05) is 12.4 Å². The van der Waals surface area contributed by atoms with Crippen LogP contribution in [0.5, 0.6) is 0 Å². The molecular formula is C20H19N3O3. The Hall–Kier alpha value is -3.12. The Morgan fingerprint density at radius 2 is 2.19 bits per heavy atom. The fourth-order valence-electron chi connectivity index (χ4n) is 3.17. The molecule has 0 saturated heterocycles. The number of methoxy groups -OCH3 is 1. The summed E-state index contributed by atoms with van der Waals surface area (Å²) < 4.78 is 11.0. The van der Waals surface area contributed by atoms with E-state index < -0.39 is 0 Å². The average Bonchev–Trinajstić information content (AvgIpc) is 3.21. The molecule has 2 N–H and O–H groups in total. The average molecular weight is 349 g/mol. The molecule has 132 valence electrons. The zero-order valence-corrected chi connectivity index (χ0v) is 14.4. The SMILES string of the molecule is COC1Cc2[nH]c(NCc3ccccc3)cc(=O)c2C=C1c1cnco1. The molecule has 4 rings (SSSR count). The van der Waals surface area contributed by atoms with Gasteiger partial charge in [-0.15, -0.1) is 0 Å². The molecule has 6 nitrogen and oxygen atoms in total. The summed E-state index contributed by atoms with van der Waals surface area (Å²) in [4.78, 5) is 19.9. The van der Waals surface area contributed by atoms with Crippen LogP contribution in [-0.4, -0.2) is 23.2 Å². The van der Waals surface area contributed by atoms with Gasteiger partial charge < -0.3 is 19.5 Å². The maximum Gasteiger partial charge on any atom is 0.191 e. The van der Waals surface area contributed by atoms with E-state index in [-0.39, 0.29) is 11.5 Å². The van der Waals surface area contributed by atoms with Crippen LogP contribution in [0, 0.1) is 0 Å². The van der Waals surface area contributed by atoms with Gasteiger partial charge in [-0.2, -0.15) is 0 Å². The zero-order chi connectivity index (χ0) is 17.9. The van der Waals surface area contributed by atoms with E-state index in [0.717, 1.165) is 16.8 Å². The number of nitrogens with one attached hydrogen (secondary N) is 2. The molecule has 0 saturated carbocycles. The van der Waals surface area contributed by atoms with Gasteiger partial charge in [-0.3, -0.25) is 4.79 Å². The van der Waals surface area contributed by atoms with Crippen molar-refractivity contribution in [3.63, 3.8) is 0 Å². The molecule has 2 heterocycles. The highest BCUT2D eigenvalue weighted by Gasteiger charge is 2.26. The minimum absolute atomic E-state index is 0.0409. The van der Waals surface area contributed by atoms with Gasteiger partial charge in [-0.1, -0.05) is 30.3 Å². The number of benzene rings is 1. The number of ether oxygens (including phenoxy) is 1. The number of anilines is 1. The minimum Gasteiger partial charge on any atom is -0.444 e. The molecule has 0 radical (unpaired) electrons. The Balaban J connectivity index is 1.64. The van der Waals surface area contributed by atoms with E-state index in [9.17, 15) is 4.79 Å². The third kappa shape index (κ3) is 3.19. The molecule has 0 aliphatic heterocycles. The topological polar surface area (TPSA) is 80.1 Å². The summed E-state index contributed by atoms with van der Waals surface area (Å²) in [6.45, 7) is 0.641. The van der Waals surface area contributed by atoms with Gasteiger partial charge in [-0.25, -0.2) is 4.98 Å². The highest BCUT2D eigenvalue weighted by Crippen LogP contribution is 2.30. The molecule has 6 heteroatoms. The van der Waals surface area contributed by atoms with Crippen LogP contribution < -0.4 is 10.7 Å². The third-order valence-electron chi connectivity index (χ3n) is 4.51. The van der Waals surface area contributed by atoms with Crippen molar-refractivity contribution in [3.05, 3.63) is 81.8 Å². The summed E-state index contributed by atoms with van der Waals surface area (Å²) >= 11 is 0. The van der Waals surface area contributed by atoms with Crippen LogP contribution in [0.2, 0.25) is 0 Å². The number of aromatic amines is 1. The van der Waals surface area contributed by atoms with Crippen molar-refractivity contribution in [2.24, 2.45) is 0 Å². The number of fused-ring (bicyclic) bond motifs is 1. The maximum absolute atomic E-state index is 12.6. The number of rotatable bonds is 5. The summed E-state index contributed by atoms with van der Waals surface area (Å²) in [5, 5.41) is 3.28. The predicted molar refractivity (Wildman–Crippen MR) is 99.7 cm³/mol. The van der Waals surface area contributed by atoms with Crippen LogP contribution in [0.3, 0.4) is 0 Å². The van der Waals surface area contributed by atoms with Gasteiger partial charge in [0.25, 0.3) is 0 Å². The lowest BCUT2D eigenvalue weighted by molar-refractivity contribution is 0.146. The molecule has 0 spiro atoms. The lowest BCUT2D eigenvalue weighted by Crippen LogP contribution is -2.25. The molecule has 1 atom stereocenters. The Morgan fingerprint density at radius 1 is 1.35 bits per heavy atom. The molecule has 1 aliphatic rings. The molecule has 2 aromatic heterocycles. The first-order valence-electron chi connectivity index (χ1n) is 8.42. The first-order chi connectivity index (χ1) is 12.7. The van der Waals surface area contributed by atoms with Crippen LogP contribution in [0.1, 0.15) is 22.6 Å². The lowest BCUT2D eigenvalue weighted by atomic mass is 9.92. The summed E-state index contributed by atoms with van der Waals surface area (Å²) in [5.41, 5.74) is 3.42. The standard InChI is InChI=1S/C20H19N3O3/c1-25-18-8-16-14(7-15(18)19-11-21-12-26-19)17(24)9-20(23-16)22-10-13-5-3-2-4-6-13/h2-7,9,11-12,18H,8,10H2,1H3,(H2,22,23,24). The zero-order valence-electron chi connectivity index (χ0n) is 14.4. The van der Waals surface area contributed by atoms with Crippen LogP contribution in [0.4, 0.5) is 5.82 Å². The summed E-state index contributed by atoms with van der Waals surface area (Å²) in [6, 6.07) is 11.6. The monoisotopic (exact) mass is 349 g/mol. The second kappa shape index (κ2) is 7.01. The molecular weight excluding hydrogens is 330 g/mol. The number of nitrogens with zero attached hydrogens (tertiary/aromatic N) is 1. The van der Waals surface area contributed by atoms with Crippen molar-refractivity contribution in [1.29, 1.82) is 0 Å². The van der Waals surface area contributed by atoms with Crippen LogP contribution in [-0.2, 0) is 17.7 Å². The van der Waals surface area contributed by atoms with Gasteiger partial charge in [0.1, 0.15) is 5.82 Å². The second-order valence-corrected chi connectivity index (χ2v) is 6.17. The summed E-state index contributed by atoms with van der Waals surface area (Å²) in [5.74, 6) is 1.32. The normalized spacial score (nSPS) is 16.0. The van der Waals surface area contributed by atoms with E-state index in [2.05, 4.69) is 15.3 Å². The predicted octanol–water partition coefficient (Wildman–Crippen LogP) is 3.09. The van der Waals surface area contributed by atoms with E-state index in [1.54, 1.807) is 19.4 Å². The molecule has 0 fully saturated rings. The van der Waals surface area contributed by atoms with E-state index >= 15 is 0 Å². The fourth-order valence-corrected chi connectivity index (χ4v) is 3.17. The summed E-state index contributed by atoms with van der Waals surface area (Å²) in [6.07, 6.45) is 5.20. The molecule has 3 aromatic rings. The maximum atomic E-state index is 12.6. The van der Waals surface area contributed by atoms with E-state index in [1.807, 2.05) is 36.4 Å². The fraction of sp³-hybridized carbons (Fsp3) is 0.200. The van der Waals surface area contributed by atoms with E-state index in [4.69, 9.17) is 9.15 Å². The Bertz CT molecular complexity index is 975. The van der Waals surface area contributed by atoms with Gasteiger partial charge in [0.15, 0.2) is 17.6 Å². The van der Waals surface area contributed by atoms with Crippen molar-refractivity contribution in [3.8, 4) is 0 Å². The number of H-pyrrole nitrogens is 1. The highest BCUT2D eigenvalue weighted by molar-refractivity contribution is 5.84. The number of aromatic nitrogens is 2. The van der Waals surface area contributed by atoms with Crippen LogP contribution in [0.25, 0.3) is 11.6 Å². The van der Waals surface area contributed by atoms with Gasteiger partial charge in [0.05, 0.1) is 12.3 Å². The second-order valence-electron chi connectivity index (χ2n) is 6.17. The molecule has 1 aromatic carbocycles. The molecule has 26 heavy (non-hydrogen) atoms. The number of pyridine rings is 1. The number of hydrogen-bond donors (Lipinski definition) is 2. The van der Waals surface area contributed by atoms with Crippen molar-refractivity contribution in [1.82, 2.24) is 9.97 Å². The first kappa shape index (κ1) is 16.4. The van der Waals surface area contributed by atoms with Crippen LogP contribution in [0.15, 0.2) is 58.2 Å². The molecule has 1 aliphatic carbocycles. The smallest absolute Gasteiger partial charge is 0.191 e. The van der Waals surface area contributed by atoms with Gasteiger partial charge in [-0.05, 0) is 11.6 Å². The Morgan fingerprint density at radius 3 is 2.92 bits per heavy atom. The molecule has 1 unspecified atom stereocenters. The van der Waals surface area contributed by atoms with E-state index in [0.29, 0.717) is 30.1 Å². The van der Waals surface area contributed by atoms with Gasteiger partial charge in [0.2, 0.25) is 0 Å². The number of oxazole rings is 1. The molecule has 0 amide bonds. The summed E-state index contributed by atoms with van der Waals surface area (Å²) in [7, 11) is 1.65. The number of hydrogen-bond acceptors (Lipinski definition) is 5. The van der Waals surface area contributed by atoms with Crippen molar-refractivity contribution >= 4 is 17.5 Å².